The van der Waals surface area contributed by atoms with Gasteiger partial charge in [0.25, 0.3) is 0 Å². The van der Waals surface area contributed by atoms with Crippen molar-refractivity contribution in [2.75, 3.05) is 11.1 Å². The fourth-order valence-electron chi connectivity index (χ4n) is 2.69. The number of unbranched alkanes of at least 4 members (excludes halogenated alkanes) is 1. The van der Waals surface area contributed by atoms with Gasteiger partial charge in [-0.1, -0.05) is 48.2 Å². The van der Waals surface area contributed by atoms with Gasteiger partial charge in [0.2, 0.25) is 5.91 Å². The molecule has 5 nitrogen and oxygen atoms in total. The number of benzene rings is 2. The fourth-order valence-corrected chi connectivity index (χ4v) is 3.25. The minimum atomic E-state index is -1.18. The minimum absolute atomic E-state index is 0.00295. The summed E-state index contributed by atoms with van der Waals surface area (Å²) in [6, 6.07) is -2.29. The molecule has 1 aromatic heterocycles. The zero-order valence-corrected chi connectivity index (χ0v) is 16.8. The number of rotatable bonds is 9. The molecule has 1 amide bonds. The van der Waals surface area contributed by atoms with Gasteiger partial charge in [-0.15, -0.1) is 11.3 Å². The van der Waals surface area contributed by atoms with Crippen LogP contribution >= 0.6 is 11.3 Å². The molecular weight excluding hydrogens is 382 g/mol. The lowest BCUT2D eigenvalue weighted by molar-refractivity contribution is -0.115. The molecule has 4 N–H and O–H groups in total. The van der Waals surface area contributed by atoms with Crippen molar-refractivity contribution in [3.63, 3.8) is 0 Å². The van der Waals surface area contributed by atoms with Crippen molar-refractivity contribution in [3.8, 4) is 0 Å². The van der Waals surface area contributed by atoms with E-state index in [1.807, 2.05) is 0 Å². The van der Waals surface area contributed by atoms with Gasteiger partial charge in [-0.25, -0.2) is 4.98 Å². The topological polar surface area (TPSA) is 88.2 Å². The standard InChI is InChI=1S/C23H27N3O2S/c1-16-5-4-7-18(13-16)21(27)8-3-2-6-17-9-11-19(12-10-17)25-22(28)14-20-15-29-23(24)26-20/h4-5,7,9-13,15,21,27H,2-3,6,8,14H2,1H3,(H2,24,26)(H,25,28)/t21-/m0/s1/i4D,5D,7D,9D,10D,11D,12D,13D. The maximum Gasteiger partial charge on any atom is 0.230 e. The minimum Gasteiger partial charge on any atom is -0.388 e. The first kappa shape index (κ1) is 12.8. The molecule has 0 radical (unpaired) electrons. The van der Waals surface area contributed by atoms with Gasteiger partial charge < -0.3 is 16.2 Å². The first-order valence-electron chi connectivity index (χ1n) is 13.2. The second kappa shape index (κ2) is 10.2. The van der Waals surface area contributed by atoms with Gasteiger partial charge in [0.1, 0.15) is 0 Å². The molecular formula is C23H27N3O2S. The Morgan fingerprint density at radius 3 is 2.79 bits per heavy atom. The predicted octanol–water partition coefficient (Wildman–Crippen LogP) is 4.66. The summed E-state index contributed by atoms with van der Waals surface area (Å²) in [6.07, 6.45) is -0.171. The normalized spacial score (nSPS) is 15.8. The summed E-state index contributed by atoms with van der Waals surface area (Å²) in [7, 11) is 0. The van der Waals surface area contributed by atoms with Gasteiger partial charge in [0.05, 0.1) is 29.2 Å². The van der Waals surface area contributed by atoms with E-state index in [0.29, 0.717) is 23.7 Å². The van der Waals surface area contributed by atoms with Crippen LogP contribution in [0.1, 0.15) is 58.7 Å². The van der Waals surface area contributed by atoms with Crippen molar-refractivity contribution < 1.29 is 20.9 Å². The Balaban J connectivity index is 1.67. The lowest BCUT2D eigenvalue weighted by Crippen LogP contribution is -2.14. The molecule has 3 rings (SSSR count). The average molecular weight is 418 g/mol. The zero-order valence-electron chi connectivity index (χ0n) is 24.0. The lowest BCUT2D eigenvalue weighted by Gasteiger charge is -2.11. The van der Waals surface area contributed by atoms with E-state index in [-0.39, 0.29) is 90.0 Å². The molecule has 0 spiro atoms. The van der Waals surface area contributed by atoms with Crippen LogP contribution in [0.3, 0.4) is 0 Å². The second-order valence-electron chi connectivity index (χ2n) is 6.56. The van der Waals surface area contributed by atoms with Crippen LogP contribution in [0.2, 0.25) is 0 Å². The van der Waals surface area contributed by atoms with Gasteiger partial charge in [-0.05, 0) is 49.4 Å². The van der Waals surface area contributed by atoms with Crippen molar-refractivity contribution in [1.82, 2.24) is 4.98 Å². The number of thiazole rings is 1. The van der Waals surface area contributed by atoms with Crippen LogP contribution in [-0.4, -0.2) is 16.0 Å². The number of carbonyl (C=O) groups excluding carboxylic acids is 1. The molecule has 2 aromatic carbocycles. The summed E-state index contributed by atoms with van der Waals surface area (Å²) in [5.74, 6) is -0.542. The molecule has 3 aromatic rings. The Labute approximate surface area is 186 Å². The summed E-state index contributed by atoms with van der Waals surface area (Å²) in [5, 5.41) is 14.9. The Kier molecular flexibility index (Phi) is 4.49. The van der Waals surface area contributed by atoms with Crippen molar-refractivity contribution >= 4 is 28.1 Å². The molecule has 29 heavy (non-hydrogen) atoms. The van der Waals surface area contributed by atoms with Crippen molar-refractivity contribution in [2.24, 2.45) is 0 Å². The molecule has 0 bridgehead atoms. The molecule has 0 saturated carbocycles. The largest absolute Gasteiger partial charge is 0.388 e. The smallest absolute Gasteiger partial charge is 0.230 e. The van der Waals surface area contributed by atoms with Gasteiger partial charge >= 0.3 is 0 Å². The molecule has 0 saturated heterocycles. The van der Waals surface area contributed by atoms with E-state index in [4.69, 9.17) is 16.7 Å². The van der Waals surface area contributed by atoms with Crippen LogP contribution in [0, 0.1) is 6.92 Å². The molecule has 1 heterocycles. The predicted molar refractivity (Wildman–Crippen MR) is 119 cm³/mol. The number of nitrogens with zero attached hydrogens (tertiary/aromatic N) is 1. The Bertz CT molecular complexity index is 1290. The number of amides is 1. The third-order valence-electron chi connectivity index (χ3n) is 4.11. The van der Waals surface area contributed by atoms with Crippen LogP contribution in [0.15, 0.2) is 53.7 Å². The number of hydrogen-bond donors (Lipinski definition) is 3. The van der Waals surface area contributed by atoms with E-state index in [1.165, 1.54) is 18.3 Å². The Morgan fingerprint density at radius 2 is 2.07 bits per heavy atom. The van der Waals surface area contributed by atoms with Crippen molar-refractivity contribution in [2.45, 2.75) is 45.1 Å². The van der Waals surface area contributed by atoms with Gasteiger partial charge in [-0.3, -0.25) is 4.79 Å². The second-order valence-corrected chi connectivity index (χ2v) is 7.45. The monoisotopic (exact) mass is 417 g/mol. The van der Waals surface area contributed by atoms with Gasteiger partial charge in [-0.2, -0.15) is 0 Å². The third kappa shape index (κ3) is 6.69. The fraction of sp³-hybridized carbons (Fsp3) is 0.304. The number of carbonyl (C=O) groups is 1. The number of hydrogen-bond acceptors (Lipinski definition) is 5. The number of aromatic nitrogens is 1. The Hall–Kier alpha value is -2.70. The molecule has 0 aliphatic rings. The summed E-state index contributed by atoms with van der Waals surface area (Å²) in [4.78, 5) is 16.3. The van der Waals surface area contributed by atoms with E-state index in [0.717, 1.165) is 0 Å². The third-order valence-corrected chi connectivity index (χ3v) is 4.83. The highest BCUT2D eigenvalue weighted by Gasteiger charge is 2.08. The average Bonchev–Trinajstić information content (AvgIpc) is 3.26. The quantitative estimate of drug-likeness (QED) is 0.442. The molecule has 0 aliphatic heterocycles. The molecule has 6 heteroatoms. The first-order chi connectivity index (χ1) is 17.3. The zero-order chi connectivity index (χ0) is 27.6. The molecule has 0 aliphatic carbocycles. The summed E-state index contributed by atoms with van der Waals surface area (Å²) < 4.78 is 65.0. The SMILES string of the molecule is [2H]c1c([2H])c(C)c([2H])c([C@@H](O)CCCCc2c([2H])c([2H])c(NC(=O)Cc3csc(N)n3)c([2H])c2[2H])c1[2H]. The highest BCUT2D eigenvalue weighted by molar-refractivity contribution is 7.13. The first-order valence-corrected chi connectivity index (χ1v) is 10.1. The molecule has 0 fully saturated rings. The molecule has 0 unspecified atom stereocenters. The van der Waals surface area contributed by atoms with E-state index >= 15 is 0 Å². The van der Waals surface area contributed by atoms with Crippen LogP contribution < -0.4 is 11.1 Å². The van der Waals surface area contributed by atoms with Crippen LogP contribution in [0.4, 0.5) is 10.8 Å². The van der Waals surface area contributed by atoms with E-state index in [9.17, 15) is 9.90 Å². The van der Waals surface area contributed by atoms with Crippen molar-refractivity contribution in [1.29, 1.82) is 0 Å². The number of nitrogen functional groups attached to an aromatic ring is 1. The van der Waals surface area contributed by atoms with Crippen LogP contribution in [-0.2, 0) is 17.6 Å². The van der Waals surface area contributed by atoms with Gasteiger partial charge in [0.15, 0.2) is 5.13 Å². The summed E-state index contributed by atoms with van der Waals surface area (Å²) in [6.45, 7) is 1.50. The maximum absolute atomic E-state index is 12.4. The highest BCUT2D eigenvalue weighted by Crippen LogP contribution is 2.21. The number of nitrogens with one attached hydrogen (secondary N) is 1. The van der Waals surface area contributed by atoms with E-state index < -0.39 is 12.0 Å². The summed E-state index contributed by atoms with van der Waals surface area (Å²) >= 11 is 1.18. The number of aliphatic hydroxyl groups is 1. The molecule has 152 valence electrons. The van der Waals surface area contributed by atoms with Gasteiger partial charge in [0, 0.05) is 11.1 Å². The van der Waals surface area contributed by atoms with E-state index in [1.54, 1.807) is 5.38 Å². The highest BCUT2D eigenvalue weighted by atomic mass is 32.1. The molecule has 1 atom stereocenters. The number of anilines is 2. The maximum atomic E-state index is 12.4. The Morgan fingerprint density at radius 1 is 1.28 bits per heavy atom. The summed E-state index contributed by atoms with van der Waals surface area (Å²) in [5.41, 5.74) is 6.19. The van der Waals surface area contributed by atoms with E-state index in [2.05, 4.69) is 10.3 Å². The van der Waals surface area contributed by atoms with Crippen LogP contribution in [0.5, 0.6) is 0 Å². The van der Waals surface area contributed by atoms with Crippen molar-refractivity contribution in [3.05, 3.63) is 76.1 Å². The number of nitrogens with two attached hydrogens (primary N) is 1. The lowest BCUT2D eigenvalue weighted by atomic mass is 10.00. The number of aliphatic hydroxyl groups excluding tert-OH is 1. The van der Waals surface area contributed by atoms with Crippen LogP contribution in [0.25, 0.3) is 0 Å².